The number of nitro benzene ring substituents is 1. The topological polar surface area (TPSA) is 93.3 Å². The van der Waals surface area contributed by atoms with E-state index in [0.29, 0.717) is 11.5 Å². The molecule has 0 aliphatic heterocycles. The number of rotatable bonds is 4. The van der Waals surface area contributed by atoms with Gasteiger partial charge in [0.05, 0.1) is 16.7 Å². The highest BCUT2D eigenvalue weighted by atomic mass is 16.6. The maximum absolute atomic E-state index is 10.8. The van der Waals surface area contributed by atoms with E-state index in [-0.39, 0.29) is 5.69 Å². The molecule has 0 bridgehead atoms. The lowest BCUT2D eigenvalue weighted by Crippen LogP contribution is -2.00. The zero-order valence-corrected chi connectivity index (χ0v) is 11.1. The van der Waals surface area contributed by atoms with Gasteiger partial charge in [0.15, 0.2) is 0 Å². The molecule has 7 nitrogen and oxygen atoms in total. The van der Waals surface area contributed by atoms with Gasteiger partial charge in [-0.05, 0) is 26.0 Å². The summed E-state index contributed by atoms with van der Waals surface area (Å²) in [6.45, 7) is 3.71. The average Bonchev–Trinajstić information content (AvgIpc) is 2.38. The molecule has 1 heterocycles. The van der Waals surface area contributed by atoms with Gasteiger partial charge in [-0.3, -0.25) is 10.1 Å². The van der Waals surface area contributed by atoms with Gasteiger partial charge in [-0.15, -0.1) is 0 Å². The summed E-state index contributed by atoms with van der Waals surface area (Å²) in [6, 6.07) is 8.20. The first kappa shape index (κ1) is 13.6. The minimum Gasteiger partial charge on any atom is -0.258 e. The van der Waals surface area contributed by atoms with Gasteiger partial charge in [0.2, 0.25) is 5.95 Å². The van der Waals surface area contributed by atoms with E-state index in [2.05, 4.69) is 20.5 Å². The van der Waals surface area contributed by atoms with Crippen molar-refractivity contribution >= 4 is 17.9 Å². The Balaban J connectivity index is 2.16. The van der Waals surface area contributed by atoms with Crippen LogP contribution in [0.3, 0.4) is 0 Å². The lowest BCUT2D eigenvalue weighted by atomic mass is 10.2. The highest BCUT2D eigenvalue weighted by Gasteiger charge is 2.09. The quantitative estimate of drug-likeness (QED) is 0.523. The van der Waals surface area contributed by atoms with Gasteiger partial charge >= 0.3 is 0 Å². The third-order valence-electron chi connectivity index (χ3n) is 2.48. The Kier molecular flexibility index (Phi) is 3.99. The van der Waals surface area contributed by atoms with Crippen molar-refractivity contribution in [3.8, 4) is 0 Å². The molecule has 7 heteroatoms. The lowest BCUT2D eigenvalue weighted by molar-refractivity contribution is -0.385. The van der Waals surface area contributed by atoms with Crippen molar-refractivity contribution in [1.29, 1.82) is 0 Å². The Morgan fingerprint density at radius 3 is 2.55 bits per heavy atom. The van der Waals surface area contributed by atoms with Gasteiger partial charge in [-0.25, -0.2) is 15.4 Å². The van der Waals surface area contributed by atoms with Crippen molar-refractivity contribution < 1.29 is 4.92 Å². The minimum absolute atomic E-state index is 0.000564. The van der Waals surface area contributed by atoms with Crippen LogP contribution in [0, 0.1) is 24.0 Å². The first-order valence-electron chi connectivity index (χ1n) is 5.91. The predicted octanol–water partition coefficient (Wildman–Crippen LogP) is 2.45. The number of hydrogen-bond donors (Lipinski definition) is 1. The molecule has 0 aliphatic carbocycles. The fourth-order valence-electron chi connectivity index (χ4n) is 1.70. The molecule has 1 N–H and O–H groups in total. The monoisotopic (exact) mass is 271 g/mol. The third-order valence-corrected chi connectivity index (χ3v) is 2.48. The summed E-state index contributed by atoms with van der Waals surface area (Å²) in [5.41, 5.74) is 4.72. The molecule has 1 aromatic carbocycles. The molecule has 0 atom stereocenters. The molecule has 2 aromatic rings. The molecule has 0 saturated carbocycles. The Bertz CT molecular complexity index is 649. The predicted molar refractivity (Wildman–Crippen MR) is 75.8 cm³/mol. The standard InChI is InChI=1S/C13H13N5O2/c1-9-7-10(2)16-13(15-9)17-14-8-11-5-3-4-6-12(11)18(19)20/h3-8H,1-2H3,(H,15,16,17). The maximum atomic E-state index is 10.8. The molecule has 20 heavy (non-hydrogen) atoms. The highest BCUT2D eigenvalue weighted by Crippen LogP contribution is 2.15. The fraction of sp³-hybridized carbons (Fsp3) is 0.154. The fourth-order valence-corrected chi connectivity index (χ4v) is 1.70. The normalized spacial score (nSPS) is 10.7. The summed E-state index contributed by atoms with van der Waals surface area (Å²) in [7, 11) is 0. The molecule has 0 saturated heterocycles. The smallest absolute Gasteiger partial charge is 0.258 e. The Hall–Kier alpha value is -2.83. The number of para-hydroxylation sites is 1. The first-order valence-corrected chi connectivity index (χ1v) is 5.91. The number of hydrazone groups is 1. The van der Waals surface area contributed by atoms with E-state index < -0.39 is 4.92 Å². The SMILES string of the molecule is Cc1cc(C)nc(NN=Cc2ccccc2[N+](=O)[O-])n1. The minimum atomic E-state index is -0.450. The van der Waals surface area contributed by atoms with E-state index in [1.54, 1.807) is 18.2 Å². The van der Waals surface area contributed by atoms with E-state index in [0.717, 1.165) is 11.4 Å². The molecule has 2 rings (SSSR count). The molecule has 0 unspecified atom stereocenters. The van der Waals surface area contributed by atoms with Crippen LogP contribution in [0.1, 0.15) is 17.0 Å². The number of nitro groups is 1. The molecular formula is C13H13N5O2. The molecule has 0 amide bonds. The molecular weight excluding hydrogens is 258 g/mol. The van der Waals surface area contributed by atoms with E-state index in [1.807, 2.05) is 19.9 Å². The van der Waals surface area contributed by atoms with E-state index in [1.165, 1.54) is 12.3 Å². The maximum Gasteiger partial charge on any atom is 0.278 e. The largest absolute Gasteiger partial charge is 0.278 e. The van der Waals surface area contributed by atoms with E-state index >= 15 is 0 Å². The Labute approximate surface area is 115 Å². The summed E-state index contributed by atoms with van der Waals surface area (Å²) in [4.78, 5) is 18.7. The average molecular weight is 271 g/mol. The van der Waals surface area contributed by atoms with Crippen LogP contribution >= 0.6 is 0 Å². The van der Waals surface area contributed by atoms with E-state index in [4.69, 9.17) is 0 Å². The van der Waals surface area contributed by atoms with Gasteiger partial charge in [-0.2, -0.15) is 5.10 Å². The van der Waals surface area contributed by atoms with Crippen LogP contribution in [-0.4, -0.2) is 21.1 Å². The van der Waals surface area contributed by atoms with Crippen LogP contribution in [0.2, 0.25) is 0 Å². The molecule has 1 aromatic heterocycles. The van der Waals surface area contributed by atoms with Crippen LogP contribution in [0.4, 0.5) is 11.6 Å². The zero-order valence-electron chi connectivity index (χ0n) is 11.1. The van der Waals surface area contributed by atoms with Crippen LogP contribution in [-0.2, 0) is 0 Å². The van der Waals surface area contributed by atoms with Crippen molar-refractivity contribution in [3.05, 3.63) is 57.4 Å². The molecule has 0 radical (unpaired) electrons. The van der Waals surface area contributed by atoms with Gasteiger partial charge < -0.3 is 0 Å². The number of nitrogens with one attached hydrogen (secondary N) is 1. The van der Waals surface area contributed by atoms with Crippen molar-refractivity contribution in [2.45, 2.75) is 13.8 Å². The Morgan fingerprint density at radius 1 is 1.25 bits per heavy atom. The Morgan fingerprint density at radius 2 is 1.90 bits per heavy atom. The van der Waals surface area contributed by atoms with Crippen molar-refractivity contribution in [3.63, 3.8) is 0 Å². The molecule has 0 fully saturated rings. The summed E-state index contributed by atoms with van der Waals surface area (Å²) in [6.07, 6.45) is 1.37. The second-order valence-electron chi connectivity index (χ2n) is 4.16. The van der Waals surface area contributed by atoms with Gasteiger partial charge in [0.25, 0.3) is 5.69 Å². The van der Waals surface area contributed by atoms with Crippen LogP contribution < -0.4 is 5.43 Å². The number of benzene rings is 1. The molecule has 0 spiro atoms. The van der Waals surface area contributed by atoms with Crippen LogP contribution in [0.25, 0.3) is 0 Å². The molecule has 0 aliphatic rings. The van der Waals surface area contributed by atoms with Crippen LogP contribution in [0.5, 0.6) is 0 Å². The summed E-state index contributed by atoms with van der Waals surface area (Å²) in [5.74, 6) is 0.359. The second-order valence-corrected chi connectivity index (χ2v) is 4.16. The lowest BCUT2D eigenvalue weighted by Gasteiger charge is -2.01. The first-order chi connectivity index (χ1) is 9.56. The van der Waals surface area contributed by atoms with Gasteiger partial charge in [0, 0.05) is 17.5 Å². The van der Waals surface area contributed by atoms with Crippen molar-refractivity contribution in [2.24, 2.45) is 5.10 Å². The van der Waals surface area contributed by atoms with Gasteiger partial charge in [0.1, 0.15) is 0 Å². The molecule has 102 valence electrons. The number of hydrogen-bond acceptors (Lipinski definition) is 6. The highest BCUT2D eigenvalue weighted by molar-refractivity contribution is 5.85. The van der Waals surface area contributed by atoms with Crippen molar-refractivity contribution in [1.82, 2.24) is 9.97 Å². The number of aromatic nitrogens is 2. The zero-order chi connectivity index (χ0) is 14.5. The summed E-state index contributed by atoms with van der Waals surface area (Å²) in [5, 5.41) is 14.8. The van der Waals surface area contributed by atoms with Crippen LogP contribution in [0.15, 0.2) is 35.4 Å². The summed E-state index contributed by atoms with van der Waals surface area (Å²) >= 11 is 0. The number of anilines is 1. The van der Waals surface area contributed by atoms with Gasteiger partial charge in [-0.1, -0.05) is 12.1 Å². The number of aryl methyl sites for hydroxylation is 2. The van der Waals surface area contributed by atoms with E-state index in [9.17, 15) is 10.1 Å². The summed E-state index contributed by atoms with van der Waals surface area (Å²) < 4.78 is 0. The second kappa shape index (κ2) is 5.87. The third kappa shape index (κ3) is 3.35. The van der Waals surface area contributed by atoms with Crippen molar-refractivity contribution in [2.75, 3.05) is 5.43 Å². The number of nitrogens with zero attached hydrogens (tertiary/aromatic N) is 4.